The third-order valence-corrected chi connectivity index (χ3v) is 5.48. The maximum absolute atomic E-state index is 11.9. The van der Waals surface area contributed by atoms with E-state index in [9.17, 15) is 4.79 Å². The zero-order valence-electron chi connectivity index (χ0n) is 12.7. The van der Waals surface area contributed by atoms with Gasteiger partial charge in [-0.05, 0) is 37.5 Å². The molecule has 0 aromatic rings. The Morgan fingerprint density at radius 2 is 1.95 bits per heavy atom. The van der Waals surface area contributed by atoms with E-state index in [2.05, 4.69) is 26.1 Å². The molecule has 110 valence electrons. The largest absolute Gasteiger partial charge is 0.369 e. The molecule has 19 heavy (non-hydrogen) atoms. The van der Waals surface area contributed by atoms with Crippen molar-refractivity contribution in [2.24, 2.45) is 29.4 Å². The minimum absolute atomic E-state index is 0.0216. The smallest absolute Gasteiger partial charge is 0.222 e. The number of primary amides is 1. The average molecular weight is 266 g/mol. The van der Waals surface area contributed by atoms with Crippen molar-refractivity contribution in [2.75, 3.05) is 0 Å². The lowest BCUT2D eigenvalue weighted by atomic mass is 9.66. The van der Waals surface area contributed by atoms with Crippen molar-refractivity contribution in [3.63, 3.8) is 0 Å². The van der Waals surface area contributed by atoms with E-state index in [0.717, 1.165) is 12.3 Å². The lowest BCUT2D eigenvalue weighted by molar-refractivity contribution is -0.127. The van der Waals surface area contributed by atoms with Crippen molar-refractivity contribution in [2.45, 2.75) is 71.4 Å². The van der Waals surface area contributed by atoms with Gasteiger partial charge in [-0.1, -0.05) is 39.5 Å². The van der Waals surface area contributed by atoms with Gasteiger partial charge in [-0.15, -0.1) is 0 Å². The highest BCUT2D eigenvalue weighted by Gasteiger charge is 2.43. The van der Waals surface area contributed by atoms with Gasteiger partial charge in [-0.25, -0.2) is 0 Å². The zero-order chi connectivity index (χ0) is 14.0. The van der Waals surface area contributed by atoms with Crippen LogP contribution >= 0.6 is 0 Å². The molecule has 3 N–H and O–H groups in total. The lowest BCUT2D eigenvalue weighted by Gasteiger charge is -2.46. The normalized spacial score (nSPS) is 43.9. The van der Waals surface area contributed by atoms with Crippen LogP contribution in [-0.2, 0) is 4.79 Å². The van der Waals surface area contributed by atoms with Crippen LogP contribution in [0, 0.1) is 23.7 Å². The quantitative estimate of drug-likeness (QED) is 0.825. The molecule has 3 heteroatoms. The summed E-state index contributed by atoms with van der Waals surface area (Å²) >= 11 is 0. The summed E-state index contributed by atoms with van der Waals surface area (Å²) in [5, 5.41) is 3.71. The van der Waals surface area contributed by atoms with E-state index in [1.165, 1.54) is 32.1 Å². The molecule has 3 nitrogen and oxygen atoms in total. The highest BCUT2D eigenvalue weighted by atomic mass is 16.1. The van der Waals surface area contributed by atoms with Crippen LogP contribution in [0.1, 0.15) is 59.3 Å². The summed E-state index contributed by atoms with van der Waals surface area (Å²) in [6.07, 6.45) is 7.55. The van der Waals surface area contributed by atoms with E-state index in [0.29, 0.717) is 23.9 Å². The van der Waals surface area contributed by atoms with E-state index in [1.807, 2.05) is 0 Å². The number of rotatable bonds is 3. The predicted molar refractivity (Wildman–Crippen MR) is 78.6 cm³/mol. The Morgan fingerprint density at radius 3 is 2.58 bits per heavy atom. The summed E-state index contributed by atoms with van der Waals surface area (Å²) in [4.78, 5) is 11.9. The monoisotopic (exact) mass is 266 g/mol. The molecule has 2 rings (SSSR count). The van der Waals surface area contributed by atoms with Gasteiger partial charge < -0.3 is 11.1 Å². The van der Waals surface area contributed by atoms with Crippen LogP contribution in [-0.4, -0.2) is 18.0 Å². The molecule has 0 aromatic carbocycles. The van der Waals surface area contributed by atoms with Gasteiger partial charge in [0.05, 0.1) is 5.92 Å². The molecule has 2 aliphatic rings. The van der Waals surface area contributed by atoms with E-state index >= 15 is 0 Å². The Balaban J connectivity index is 2.19. The number of hydrogen-bond donors (Lipinski definition) is 2. The molecular formula is C16H30N2O. The molecule has 1 aliphatic heterocycles. The van der Waals surface area contributed by atoms with Crippen molar-refractivity contribution in [3.05, 3.63) is 0 Å². The van der Waals surface area contributed by atoms with Gasteiger partial charge in [0.1, 0.15) is 0 Å². The molecule has 0 radical (unpaired) electrons. The Morgan fingerprint density at radius 1 is 1.26 bits per heavy atom. The summed E-state index contributed by atoms with van der Waals surface area (Å²) in [5.41, 5.74) is 5.71. The summed E-state index contributed by atoms with van der Waals surface area (Å²) in [6.45, 7) is 6.73. The van der Waals surface area contributed by atoms with Gasteiger partial charge in [0, 0.05) is 12.1 Å². The second-order valence-electron chi connectivity index (χ2n) is 6.85. The minimum Gasteiger partial charge on any atom is -0.369 e. The fourth-order valence-electron chi connectivity index (χ4n) is 4.62. The Labute approximate surface area is 117 Å². The summed E-state index contributed by atoms with van der Waals surface area (Å²) in [5.74, 6) is 1.75. The molecule has 0 spiro atoms. The van der Waals surface area contributed by atoms with Gasteiger partial charge in [-0.2, -0.15) is 0 Å². The molecule has 6 atom stereocenters. The van der Waals surface area contributed by atoms with Crippen LogP contribution in [0.5, 0.6) is 0 Å². The third-order valence-electron chi connectivity index (χ3n) is 5.48. The molecule has 1 amide bonds. The standard InChI is InChI=1S/C16H30N2O/c1-4-12-7-5-6-8-13(12)15-14(16(17)19)10(2)9-11(3)18-15/h10-15,18H,4-9H2,1-3H3,(H2,17,19). The number of nitrogens with two attached hydrogens (primary N) is 1. The van der Waals surface area contributed by atoms with Crippen LogP contribution < -0.4 is 11.1 Å². The highest BCUT2D eigenvalue weighted by molar-refractivity contribution is 5.78. The molecular weight excluding hydrogens is 236 g/mol. The molecule has 2 fully saturated rings. The zero-order valence-corrected chi connectivity index (χ0v) is 12.7. The Bertz CT molecular complexity index is 318. The first-order valence-corrected chi connectivity index (χ1v) is 8.10. The van der Waals surface area contributed by atoms with Crippen molar-refractivity contribution in [1.29, 1.82) is 0 Å². The first kappa shape index (κ1) is 14.8. The first-order chi connectivity index (χ1) is 9.04. The van der Waals surface area contributed by atoms with Gasteiger partial charge in [-0.3, -0.25) is 4.79 Å². The van der Waals surface area contributed by atoms with Crippen molar-refractivity contribution < 1.29 is 4.79 Å². The summed E-state index contributed by atoms with van der Waals surface area (Å²) in [7, 11) is 0. The van der Waals surface area contributed by atoms with Crippen molar-refractivity contribution >= 4 is 5.91 Å². The fraction of sp³-hybridized carbons (Fsp3) is 0.938. The maximum Gasteiger partial charge on any atom is 0.222 e. The minimum atomic E-state index is -0.0997. The van der Waals surface area contributed by atoms with Crippen LogP contribution in [0.3, 0.4) is 0 Å². The number of amides is 1. The number of piperidine rings is 1. The number of nitrogens with one attached hydrogen (secondary N) is 1. The summed E-state index contributed by atoms with van der Waals surface area (Å²) < 4.78 is 0. The van der Waals surface area contributed by atoms with Crippen LogP contribution in [0.15, 0.2) is 0 Å². The predicted octanol–water partition coefficient (Wildman–Crippen LogP) is 2.69. The second-order valence-corrected chi connectivity index (χ2v) is 6.85. The highest BCUT2D eigenvalue weighted by Crippen LogP contribution is 2.40. The lowest BCUT2D eigenvalue weighted by Crippen LogP contribution is -2.58. The van der Waals surface area contributed by atoms with Gasteiger partial charge in [0.15, 0.2) is 0 Å². The van der Waals surface area contributed by atoms with E-state index in [1.54, 1.807) is 0 Å². The molecule has 6 unspecified atom stereocenters. The molecule has 1 heterocycles. The molecule has 0 aromatic heterocycles. The van der Waals surface area contributed by atoms with E-state index in [4.69, 9.17) is 5.73 Å². The van der Waals surface area contributed by atoms with E-state index < -0.39 is 0 Å². The third kappa shape index (κ3) is 3.13. The maximum atomic E-state index is 11.9. The number of hydrogen-bond acceptors (Lipinski definition) is 2. The molecule has 1 saturated heterocycles. The van der Waals surface area contributed by atoms with E-state index in [-0.39, 0.29) is 11.8 Å². The molecule has 1 saturated carbocycles. The SMILES string of the molecule is CCC1CCCCC1C1NC(C)CC(C)C1C(N)=O. The average Bonchev–Trinajstić information content (AvgIpc) is 2.37. The Kier molecular flexibility index (Phi) is 4.88. The molecule has 0 bridgehead atoms. The van der Waals surface area contributed by atoms with Crippen LogP contribution in [0.25, 0.3) is 0 Å². The van der Waals surface area contributed by atoms with Gasteiger partial charge >= 0.3 is 0 Å². The fourth-order valence-corrected chi connectivity index (χ4v) is 4.62. The van der Waals surface area contributed by atoms with Gasteiger partial charge in [0.25, 0.3) is 0 Å². The van der Waals surface area contributed by atoms with Crippen molar-refractivity contribution in [3.8, 4) is 0 Å². The van der Waals surface area contributed by atoms with Crippen molar-refractivity contribution in [1.82, 2.24) is 5.32 Å². The number of carbonyl (C=O) groups excluding carboxylic acids is 1. The molecule has 1 aliphatic carbocycles. The van der Waals surface area contributed by atoms with Gasteiger partial charge in [0.2, 0.25) is 5.91 Å². The van der Waals surface area contributed by atoms with Crippen LogP contribution in [0.2, 0.25) is 0 Å². The second kappa shape index (κ2) is 6.25. The Hall–Kier alpha value is -0.570. The number of carbonyl (C=O) groups is 1. The van der Waals surface area contributed by atoms with Crippen LogP contribution in [0.4, 0.5) is 0 Å². The first-order valence-electron chi connectivity index (χ1n) is 8.10. The topological polar surface area (TPSA) is 55.1 Å². The summed E-state index contributed by atoms with van der Waals surface area (Å²) in [6, 6.07) is 0.816.